The van der Waals surface area contributed by atoms with Gasteiger partial charge >= 0.3 is 0 Å². The first-order valence-electron chi connectivity index (χ1n) is 10.7. The zero-order valence-electron chi connectivity index (χ0n) is 18.2. The van der Waals surface area contributed by atoms with Gasteiger partial charge in [0.1, 0.15) is 5.82 Å². The van der Waals surface area contributed by atoms with Crippen LogP contribution in [0, 0.1) is 11.7 Å². The normalized spacial score (nSPS) is 19.7. The zero-order valence-corrected chi connectivity index (χ0v) is 18.2. The molecule has 1 atom stereocenters. The van der Waals surface area contributed by atoms with Crippen LogP contribution < -0.4 is 4.90 Å². The molecule has 1 aromatic carbocycles. The summed E-state index contributed by atoms with van der Waals surface area (Å²) in [5.41, 5.74) is 2.02. The number of amides is 2. The van der Waals surface area contributed by atoms with Crippen molar-refractivity contribution >= 4 is 17.8 Å². The molecule has 0 unspecified atom stereocenters. The Morgan fingerprint density at radius 3 is 2.48 bits per heavy atom. The molecular weight excluding hydrogens is 397 g/mol. The maximum absolute atomic E-state index is 14.5. The summed E-state index contributed by atoms with van der Waals surface area (Å²) in [5, 5.41) is 0. The summed E-state index contributed by atoms with van der Waals surface area (Å²) in [4.78, 5) is 39.2. The zero-order chi connectivity index (χ0) is 22.1. The second-order valence-electron chi connectivity index (χ2n) is 8.62. The van der Waals surface area contributed by atoms with Gasteiger partial charge in [0.2, 0.25) is 17.8 Å². The first-order valence-corrected chi connectivity index (χ1v) is 10.7. The largest absolute Gasteiger partial charge is 0.347 e. The lowest BCUT2D eigenvalue weighted by Gasteiger charge is -2.34. The van der Waals surface area contributed by atoms with E-state index in [0.717, 1.165) is 18.5 Å². The number of hydrogen-bond acceptors (Lipinski definition) is 5. The number of halogens is 1. The third kappa shape index (κ3) is 4.24. The molecule has 0 radical (unpaired) electrons. The second kappa shape index (κ2) is 8.61. The molecule has 0 spiro atoms. The van der Waals surface area contributed by atoms with Gasteiger partial charge in [-0.3, -0.25) is 9.59 Å². The molecule has 2 aliphatic heterocycles. The standard InChI is InChI=1S/C23H28FN5O2/c1-27(2)23-25-13-18(17-6-4-5-7-19(17)24)21(26-23)15-8-10-29(11-9-15)22(31)16-12-20(30)28(3)14-16/h4-7,13,15-16H,8-12,14H2,1-3H3/t16-/m0/s1. The molecule has 164 valence electrons. The van der Waals surface area contributed by atoms with Gasteiger partial charge in [-0.1, -0.05) is 18.2 Å². The van der Waals surface area contributed by atoms with E-state index in [1.807, 2.05) is 30.0 Å². The molecule has 0 N–H and O–H groups in total. The van der Waals surface area contributed by atoms with E-state index in [9.17, 15) is 14.0 Å². The number of aromatic nitrogens is 2. The van der Waals surface area contributed by atoms with Crippen LogP contribution in [0.25, 0.3) is 11.1 Å². The predicted octanol–water partition coefficient (Wildman–Crippen LogP) is 2.53. The average Bonchev–Trinajstić information content (AvgIpc) is 3.11. The minimum absolute atomic E-state index is 0.0277. The van der Waals surface area contributed by atoms with Crippen molar-refractivity contribution in [2.45, 2.75) is 25.2 Å². The maximum atomic E-state index is 14.5. The van der Waals surface area contributed by atoms with Crippen molar-refractivity contribution in [3.05, 3.63) is 42.0 Å². The molecule has 1 aromatic heterocycles. The number of likely N-dealkylation sites (tertiary alicyclic amines) is 2. The fourth-order valence-electron chi connectivity index (χ4n) is 4.46. The molecule has 0 bridgehead atoms. The fourth-order valence-corrected chi connectivity index (χ4v) is 4.46. The molecular formula is C23H28FN5O2. The Morgan fingerprint density at radius 2 is 1.87 bits per heavy atom. The third-order valence-electron chi connectivity index (χ3n) is 6.25. The SMILES string of the molecule is CN1C[C@@H](C(=O)N2CCC(c3nc(N(C)C)ncc3-c3ccccc3F)CC2)CC1=O. The molecule has 2 aliphatic rings. The highest BCUT2D eigenvalue weighted by Crippen LogP contribution is 2.36. The molecule has 2 amide bonds. The highest BCUT2D eigenvalue weighted by atomic mass is 19.1. The van der Waals surface area contributed by atoms with Gasteiger partial charge < -0.3 is 14.7 Å². The summed E-state index contributed by atoms with van der Waals surface area (Å²) in [6, 6.07) is 6.67. The van der Waals surface area contributed by atoms with E-state index >= 15 is 0 Å². The average molecular weight is 426 g/mol. The Hall–Kier alpha value is -3.03. The molecule has 8 heteroatoms. The highest BCUT2D eigenvalue weighted by molar-refractivity contribution is 5.89. The molecule has 7 nitrogen and oxygen atoms in total. The van der Waals surface area contributed by atoms with Crippen LogP contribution in [0.1, 0.15) is 30.9 Å². The molecule has 0 aliphatic carbocycles. The summed E-state index contributed by atoms with van der Waals surface area (Å²) >= 11 is 0. The number of nitrogens with zero attached hydrogens (tertiary/aromatic N) is 5. The van der Waals surface area contributed by atoms with Gasteiger partial charge in [-0.25, -0.2) is 14.4 Å². The number of carbonyl (C=O) groups excluding carboxylic acids is 2. The summed E-state index contributed by atoms with van der Waals surface area (Å²) in [5.74, 6) is 0.228. The van der Waals surface area contributed by atoms with E-state index in [1.165, 1.54) is 6.07 Å². The summed E-state index contributed by atoms with van der Waals surface area (Å²) in [7, 11) is 5.50. The van der Waals surface area contributed by atoms with E-state index in [2.05, 4.69) is 4.98 Å². The first-order chi connectivity index (χ1) is 14.8. The van der Waals surface area contributed by atoms with Crippen molar-refractivity contribution < 1.29 is 14.0 Å². The monoisotopic (exact) mass is 425 g/mol. The highest BCUT2D eigenvalue weighted by Gasteiger charge is 2.36. The number of rotatable bonds is 4. The number of anilines is 1. The van der Waals surface area contributed by atoms with Crippen LogP contribution in [-0.4, -0.2) is 72.4 Å². The Kier molecular flexibility index (Phi) is 5.89. The van der Waals surface area contributed by atoms with Crippen LogP contribution >= 0.6 is 0 Å². The molecule has 2 aromatic rings. The lowest BCUT2D eigenvalue weighted by atomic mass is 9.88. The number of hydrogen-bond donors (Lipinski definition) is 0. The Morgan fingerprint density at radius 1 is 1.16 bits per heavy atom. The Bertz CT molecular complexity index is 988. The quantitative estimate of drug-likeness (QED) is 0.753. The lowest BCUT2D eigenvalue weighted by molar-refractivity contribution is -0.136. The van der Waals surface area contributed by atoms with E-state index in [1.54, 1.807) is 30.3 Å². The van der Waals surface area contributed by atoms with Gasteiger partial charge in [0.15, 0.2) is 0 Å². The summed E-state index contributed by atoms with van der Waals surface area (Å²) in [6.07, 6.45) is 3.49. The van der Waals surface area contributed by atoms with Crippen molar-refractivity contribution in [1.29, 1.82) is 0 Å². The molecule has 2 saturated heterocycles. The minimum Gasteiger partial charge on any atom is -0.347 e. The van der Waals surface area contributed by atoms with Gasteiger partial charge in [0.25, 0.3) is 0 Å². The second-order valence-corrected chi connectivity index (χ2v) is 8.62. The number of carbonyl (C=O) groups is 2. The predicted molar refractivity (Wildman–Crippen MR) is 116 cm³/mol. The van der Waals surface area contributed by atoms with Crippen LogP contribution in [0.2, 0.25) is 0 Å². The maximum Gasteiger partial charge on any atom is 0.227 e. The minimum atomic E-state index is -0.299. The van der Waals surface area contributed by atoms with Crippen molar-refractivity contribution in [2.24, 2.45) is 5.92 Å². The lowest BCUT2D eigenvalue weighted by Crippen LogP contribution is -2.42. The van der Waals surface area contributed by atoms with Crippen LogP contribution in [0.15, 0.2) is 30.5 Å². The number of piperidine rings is 1. The Balaban J connectivity index is 1.55. The van der Waals surface area contributed by atoms with Crippen LogP contribution in [0.3, 0.4) is 0 Å². The van der Waals surface area contributed by atoms with Crippen LogP contribution in [-0.2, 0) is 9.59 Å². The van der Waals surface area contributed by atoms with Crippen LogP contribution in [0.4, 0.5) is 10.3 Å². The van der Waals surface area contributed by atoms with E-state index < -0.39 is 0 Å². The molecule has 4 rings (SSSR count). The van der Waals surface area contributed by atoms with E-state index in [0.29, 0.717) is 43.1 Å². The Labute approximate surface area is 181 Å². The number of benzene rings is 1. The van der Waals surface area contributed by atoms with Crippen molar-refractivity contribution in [1.82, 2.24) is 19.8 Å². The molecule has 31 heavy (non-hydrogen) atoms. The topological polar surface area (TPSA) is 69.6 Å². The molecule has 3 heterocycles. The van der Waals surface area contributed by atoms with Crippen LogP contribution in [0.5, 0.6) is 0 Å². The van der Waals surface area contributed by atoms with Gasteiger partial charge in [-0.15, -0.1) is 0 Å². The van der Waals surface area contributed by atoms with Crippen molar-refractivity contribution in [2.75, 3.05) is 45.7 Å². The van der Waals surface area contributed by atoms with E-state index in [-0.39, 0.29) is 29.5 Å². The summed E-state index contributed by atoms with van der Waals surface area (Å²) < 4.78 is 14.5. The van der Waals surface area contributed by atoms with Gasteiger partial charge in [0, 0.05) is 70.4 Å². The first kappa shape index (κ1) is 21.2. The molecule has 2 fully saturated rings. The third-order valence-corrected chi connectivity index (χ3v) is 6.25. The van der Waals surface area contributed by atoms with E-state index in [4.69, 9.17) is 4.98 Å². The van der Waals surface area contributed by atoms with Gasteiger partial charge in [-0.2, -0.15) is 0 Å². The fraction of sp³-hybridized carbons (Fsp3) is 0.478. The summed E-state index contributed by atoms with van der Waals surface area (Å²) in [6.45, 7) is 1.71. The van der Waals surface area contributed by atoms with Gasteiger partial charge in [0.05, 0.1) is 11.6 Å². The van der Waals surface area contributed by atoms with Gasteiger partial charge in [-0.05, 0) is 18.9 Å². The molecule has 0 saturated carbocycles. The van der Waals surface area contributed by atoms with Crippen molar-refractivity contribution in [3.8, 4) is 11.1 Å². The smallest absolute Gasteiger partial charge is 0.227 e. The van der Waals surface area contributed by atoms with Crippen molar-refractivity contribution in [3.63, 3.8) is 0 Å².